The average Bonchev–Trinajstić information content (AvgIpc) is 3.39. The molecule has 5 nitrogen and oxygen atoms in total. The fourth-order valence-electron chi connectivity index (χ4n) is 3.20. The summed E-state index contributed by atoms with van der Waals surface area (Å²) in [5.74, 6) is 0.837. The normalized spacial score (nSPS) is 17.3. The highest BCUT2D eigenvalue weighted by molar-refractivity contribution is 7.17. The van der Waals surface area contributed by atoms with Crippen molar-refractivity contribution in [3.05, 3.63) is 57.7 Å². The van der Waals surface area contributed by atoms with E-state index in [0.29, 0.717) is 18.0 Å². The summed E-state index contributed by atoms with van der Waals surface area (Å²) in [6.07, 6.45) is 1.70. The molecule has 134 valence electrons. The van der Waals surface area contributed by atoms with E-state index in [-0.39, 0.29) is 11.9 Å². The number of hydrogen-bond acceptors (Lipinski definition) is 6. The molecule has 3 aromatic rings. The number of hydrogen-bond donors (Lipinski definition) is 1. The number of benzene rings is 1. The first kappa shape index (κ1) is 17.2. The van der Waals surface area contributed by atoms with Crippen LogP contribution in [0.15, 0.2) is 47.3 Å². The smallest absolute Gasteiger partial charge is 0.266 e. The molecule has 0 radical (unpaired) electrons. The minimum atomic E-state index is -0.0564. The lowest BCUT2D eigenvalue weighted by molar-refractivity contribution is 0.0636. The number of rotatable bonds is 4. The van der Waals surface area contributed by atoms with E-state index in [1.54, 1.807) is 24.6 Å². The molecule has 4 rings (SSSR count). The van der Waals surface area contributed by atoms with Crippen LogP contribution < -0.4 is 10.1 Å². The summed E-state index contributed by atoms with van der Waals surface area (Å²) in [7, 11) is 1.66. The third kappa shape index (κ3) is 3.25. The van der Waals surface area contributed by atoms with Gasteiger partial charge in [0, 0.05) is 36.1 Å². The number of thiazole rings is 1. The number of aromatic nitrogens is 1. The first-order valence-electron chi connectivity index (χ1n) is 8.41. The SMILES string of the molecule is COc1ccccc1C1CNCCN1C(=O)c1cnc(-c2ccsc2)s1. The lowest BCUT2D eigenvalue weighted by Crippen LogP contribution is -2.48. The quantitative estimate of drug-likeness (QED) is 0.745. The highest BCUT2D eigenvalue weighted by Crippen LogP contribution is 2.33. The predicted octanol–water partition coefficient (Wildman–Crippen LogP) is 3.67. The maximum atomic E-state index is 13.2. The van der Waals surface area contributed by atoms with Crippen molar-refractivity contribution in [1.82, 2.24) is 15.2 Å². The van der Waals surface area contributed by atoms with Crippen LogP contribution in [0, 0.1) is 0 Å². The Morgan fingerprint density at radius 2 is 2.23 bits per heavy atom. The molecule has 7 heteroatoms. The van der Waals surface area contributed by atoms with Crippen LogP contribution in [-0.2, 0) is 0 Å². The number of methoxy groups -OCH3 is 1. The van der Waals surface area contributed by atoms with Crippen LogP contribution in [0.5, 0.6) is 5.75 Å². The van der Waals surface area contributed by atoms with Gasteiger partial charge in [0.25, 0.3) is 5.91 Å². The van der Waals surface area contributed by atoms with E-state index in [2.05, 4.69) is 15.7 Å². The minimum absolute atomic E-state index is 0.0291. The van der Waals surface area contributed by atoms with Gasteiger partial charge in [-0.15, -0.1) is 11.3 Å². The van der Waals surface area contributed by atoms with Gasteiger partial charge >= 0.3 is 0 Å². The zero-order valence-electron chi connectivity index (χ0n) is 14.3. The molecule has 0 spiro atoms. The van der Waals surface area contributed by atoms with Crippen LogP contribution in [0.25, 0.3) is 10.6 Å². The number of nitrogens with one attached hydrogen (secondary N) is 1. The Kier molecular flexibility index (Phi) is 5.01. The van der Waals surface area contributed by atoms with Crippen molar-refractivity contribution >= 4 is 28.6 Å². The van der Waals surface area contributed by atoms with E-state index in [0.717, 1.165) is 28.4 Å². The monoisotopic (exact) mass is 385 g/mol. The Morgan fingerprint density at radius 3 is 3.04 bits per heavy atom. The van der Waals surface area contributed by atoms with Crippen LogP contribution >= 0.6 is 22.7 Å². The molecule has 0 bridgehead atoms. The van der Waals surface area contributed by atoms with E-state index in [1.165, 1.54) is 11.3 Å². The van der Waals surface area contributed by atoms with Crippen LogP contribution in [0.1, 0.15) is 21.3 Å². The second-order valence-corrected chi connectivity index (χ2v) is 7.81. The Labute approximate surface area is 160 Å². The maximum Gasteiger partial charge on any atom is 0.266 e. The fourth-order valence-corrected chi connectivity index (χ4v) is 4.78. The summed E-state index contributed by atoms with van der Waals surface area (Å²) >= 11 is 3.08. The predicted molar refractivity (Wildman–Crippen MR) is 105 cm³/mol. The van der Waals surface area contributed by atoms with Crippen molar-refractivity contribution in [2.75, 3.05) is 26.7 Å². The largest absolute Gasteiger partial charge is 0.496 e. The summed E-state index contributed by atoms with van der Waals surface area (Å²) in [4.78, 5) is 20.2. The van der Waals surface area contributed by atoms with Gasteiger partial charge in [0.2, 0.25) is 0 Å². The first-order valence-corrected chi connectivity index (χ1v) is 10.2. The Hall–Kier alpha value is -2.22. The van der Waals surface area contributed by atoms with Gasteiger partial charge in [-0.25, -0.2) is 4.98 Å². The molecule has 3 heterocycles. The lowest BCUT2D eigenvalue weighted by atomic mass is 10.0. The summed E-state index contributed by atoms with van der Waals surface area (Å²) < 4.78 is 5.51. The highest BCUT2D eigenvalue weighted by atomic mass is 32.1. The van der Waals surface area contributed by atoms with Crippen molar-refractivity contribution in [3.63, 3.8) is 0 Å². The molecule has 0 saturated carbocycles. The van der Waals surface area contributed by atoms with Gasteiger partial charge in [0.05, 0.1) is 19.3 Å². The van der Waals surface area contributed by atoms with Crippen molar-refractivity contribution in [1.29, 1.82) is 0 Å². The number of thiophene rings is 1. The number of piperazine rings is 1. The molecule has 1 aliphatic rings. The first-order chi connectivity index (χ1) is 12.8. The van der Waals surface area contributed by atoms with Gasteiger partial charge in [-0.1, -0.05) is 18.2 Å². The fraction of sp³-hybridized carbons (Fsp3) is 0.263. The van der Waals surface area contributed by atoms with Crippen molar-refractivity contribution in [2.45, 2.75) is 6.04 Å². The van der Waals surface area contributed by atoms with E-state index in [9.17, 15) is 4.79 Å². The molecule has 26 heavy (non-hydrogen) atoms. The molecular weight excluding hydrogens is 366 g/mol. The maximum absolute atomic E-state index is 13.2. The van der Waals surface area contributed by atoms with E-state index >= 15 is 0 Å². The zero-order valence-corrected chi connectivity index (χ0v) is 16.0. The molecule has 1 aromatic carbocycles. The van der Waals surface area contributed by atoms with Gasteiger partial charge in [-0.2, -0.15) is 11.3 Å². The summed E-state index contributed by atoms with van der Waals surface area (Å²) in [5, 5.41) is 8.35. The van der Waals surface area contributed by atoms with E-state index in [4.69, 9.17) is 4.74 Å². The summed E-state index contributed by atoms with van der Waals surface area (Å²) in [6.45, 7) is 2.16. The number of nitrogens with zero attached hydrogens (tertiary/aromatic N) is 2. The Bertz CT molecular complexity index is 892. The number of amides is 1. The Balaban J connectivity index is 1.63. The second-order valence-electron chi connectivity index (χ2n) is 6.00. The van der Waals surface area contributed by atoms with Crippen LogP contribution in [0.2, 0.25) is 0 Å². The third-order valence-electron chi connectivity index (χ3n) is 4.49. The van der Waals surface area contributed by atoms with Crippen LogP contribution in [0.4, 0.5) is 0 Å². The molecule has 1 saturated heterocycles. The molecule has 2 aromatic heterocycles. The van der Waals surface area contributed by atoms with Crippen LogP contribution in [-0.4, -0.2) is 42.5 Å². The molecule has 1 aliphatic heterocycles. The lowest BCUT2D eigenvalue weighted by Gasteiger charge is -2.36. The number of ether oxygens (including phenoxy) is 1. The third-order valence-corrected chi connectivity index (χ3v) is 6.20. The number of carbonyl (C=O) groups is 1. The molecular formula is C19H19N3O2S2. The van der Waals surface area contributed by atoms with E-state index in [1.807, 2.05) is 40.6 Å². The standard InChI is InChI=1S/C19H19N3O2S2/c1-24-16-5-3-2-4-14(16)15-10-20-7-8-22(15)19(23)17-11-21-18(26-17)13-6-9-25-12-13/h2-6,9,11-12,15,20H,7-8,10H2,1H3. The van der Waals surface area contributed by atoms with Gasteiger partial charge in [-0.05, 0) is 17.5 Å². The van der Waals surface area contributed by atoms with Gasteiger partial charge in [0.1, 0.15) is 15.6 Å². The zero-order chi connectivity index (χ0) is 17.9. The minimum Gasteiger partial charge on any atom is -0.496 e. The van der Waals surface area contributed by atoms with Gasteiger partial charge in [-0.3, -0.25) is 4.79 Å². The summed E-state index contributed by atoms with van der Waals surface area (Å²) in [6, 6.07) is 9.87. The van der Waals surface area contributed by atoms with Crippen molar-refractivity contribution in [2.24, 2.45) is 0 Å². The molecule has 1 N–H and O–H groups in total. The molecule has 1 unspecified atom stereocenters. The van der Waals surface area contributed by atoms with E-state index < -0.39 is 0 Å². The highest BCUT2D eigenvalue weighted by Gasteiger charge is 2.31. The number of carbonyl (C=O) groups excluding carboxylic acids is 1. The number of para-hydroxylation sites is 1. The molecule has 1 atom stereocenters. The molecule has 1 amide bonds. The summed E-state index contributed by atoms with van der Waals surface area (Å²) in [5.41, 5.74) is 2.10. The Morgan fingerprint density at radius 1 is 1.35 bits per heavy atom. The topological polar surface area (TPSA) is 54.5 Å². The van der Waals surface area contributed by atoms with Gasteiger partial charge in [0.15, 0.2) is 0 Å². The van der Waals surface area contributed by atoms with Crippen molar-refractivity contribution in [3.8, 4) is 16.3 Å². The van der Waals surface area contributed by atoms with Crippen LogP contribution in [0.3, 0.4) is 0 Å². The average molecular weight is 386 g/mol. The molecule has 0 aliphatic carbocycles. The molecule has 1 fully saturated rings. The second kappa shape index (κ2) is 7.57. The van der Waals surface area contributed by atoms with Crippen molar-refractivity contribution < 1.29 is 9.53 Å². The van der Waals surface area contributed by atoms with Gasteiger partial charge < -0.3 is 15.0 Å².